The van der Waals surface area contributed by atoms with E-state index in [1.54, 1.807) is 7.11 Å². The van der Waals surface area contributed by atoms with Crippen molar-refractivity contribution in [1.29, 1.82) is 0 Å². The summed E-state index contributed by atoms with van der Waals surface area (Å²) in [7, 11) is 1.69. The minimum Gasteiger partial charge on any atom is -0.497 e. The molecule has 1 aliphatic heterocycles. The van der Waals surface area contributed by atoms with Gasteiger partial charge in [0.1, 0.15) is 5.75 Å². The van der Waals surface area contributed by atoms with Crippen LogP contribution in [-0.2, 0) is 14.9 Å². The van der Waals surface area contributed by atoms with Crippen LogP contribution in [0.15, 0.2) is 24.3 Å². The van der Waals surface area contributed by atoms with Crippen LogP contribution >= 0.6 is 0 Å². The Bertz CT molecular complexity index is 543. The van der Waals surface area contributed by atoms with Gasteiger partial charge in [-0.1, -0.05) is 31.4 Å². The maximum atomic E-state index is 12.5. The highest BCUT2D eigenvalue weighted by Crippen LogP contribution is 2.35. The van der Waals surface area contributed by atoms with Gasteiger partial charge in [-0.15, -0.1) is 0 Å². The van der Waals surface area contributed by atoms with Crippen molar-refractivity contribution in [2.75, 3.05) is 26.9 Å². The highest BCUT2D eigenvalue weighted by Gasteiger charge is 2.35. The second-order valence-electron chi connectivity index (χ2n) is 7.61. The van der Waals surface area contributed by atoms with Crippen molar-refractivity contribution in [1.82, 2.24) is 5.32 Å². The molecule has 4 nitrogen and oxygen atoms in total. The zero-order chi connectivity index (χ0) is 17.5. The molecule has 1 N–H and O–H groups in total. The summed E-state index contributed by atoms with van der Waals surface area (Å²) in [5.74, 6) is 1.67. The molecule has 1 saturated heterocycles. The van der Waals surface area contributed by atoms with E-state index in [-0.39, 0.29) is 11.3 Å². The van der Waals surface area contributed by atoms with Crippen LogP contribution in [0.2, 0.25) is 0 Å². The van der Waals surface area contributed by atoms with Crippen LogP contribution < -0.4 is 10.1 Å². The van der Waals surface area contributed by atoms with Gasteiger partial charge in [-0.05, 0) is 49.3 Å². The normalized spacial score (nSPS) is 20.8. The number of nitrogens with one attached hydrogen (secondary N) is 1. The summed E-state index contributed by atoms with van der Waals surface area (Å²) in [6.07, 6.45) is 8.91. The van der Waals surface area contributed by atoms with Crippen LogP contribution in [0, 0.1) is 5.92 Å². The number of amides is 1. The molecule has 1 amide bonds. The standard InChI is InChI=1S/C21H31NO3/c1-24-19-9-7-18(8-10-19)21(11-13-25-14-12-21)16-22-20(23)15-17-5-3-2-4-6-17/h7-10,17H,2-6,11-16H2,1H3,(H,22,23). The minimum atomic E-state index is -0.0211. The van der Waals surface area contributed by atoms with Gasteiger partial charge in [0.25, 0.3) is 0 Å². The van der Waals surface area contributed by atoms with Gasteiger partial charge in [0.2, 0.25) is 5.91 Å². The molecule has 1 saturated carbocycles. The fraction of sp³-hybridized carbons (Fsp3) is 0.667. The van der Waals surface area contributed by atoms with E-state index < -0.39 is 0 Å². The van der Waals surface area contributed by atoms with Gasteiger partial charge in [0.15, 0.2) is 0 Å². The lowest BCUT2D eigenvalue weighted by Crippen LogP contribution is -2.44. The first kappa shape index (κ1) is 18.2. The lowest BCUT2D eigenvalue weighted by molar-refractivity contribution is -0.122. The van der Waals surface area contributed by atoms with Crippen molar-refractivity contribution < 1.29 is 14.3 Å². The van der Waals surface area contributed by atoms with Crippen LogP contribution in [0.4, 0.5) is 0 Å². The Balaban J connectivity index is 1.62. The Hall–Kier alpha value is -1.55. The van der Waals surface area contributed by atoms with Crippen molar-refractivity contribution in [3.8, 4) is 5.75 Å². The third-order valence-corrected chi connectivity index (χ3v) is 5.98. The third-order valence-electron chi connectivity index (χ3n) is 5.98. The summed E-state index contributed by atoms with van der Waals surface area (Å²) in [5.41, 5.74) is 1.25. The summed E-state index contributed by atoms with van der Waals surface area (Å²) in [5, 5.41) is 3.24. The molecule has 138 valence electrons. The van der Waals surface area contributed by atoms with Crippen molar-refractivity contribution >= 4 is 5.91 Å². The van der Waals surface area contributed by atoms with Gasteiger partial charge in [0, 0.05) is 31.6 Å². The molecule has 0 bridgehead atoms. The molecule has 2 fully saturated rings. The molecule has 4 heteroatoms. The molecular weight excluding hydrogens is 314 g/mol. The Morgan fingerprint density at radius 1 is 1.16 bits per heavy atom. The molecule has 25 heavy (non-hydrogen) atoms. The van der Waals surface area contributed by atoms with E-state index in [1.165, 1.54) is 37.7 Å². The number of benzene rings is 1. The number of carbonyl (C=O) groups is 1. The van der Waals surface area contributed by atoms with Gasteiger partial charge in [-0.3, -0.25) is 4.79 Å². The molecule has 0 aromatic heterocycles. The highest BCUT2D eigenvalue weighted by molar-refractivity contribution is 5.76. The summed E-state index contributed by atoms with van der Waals surface area (Å²) in [6.45, 7) is 2.21. The topological polar surface area (TPSA) is 47.6 Å². The quantitative estimate of drug-likeness (QED) is 0.852. The van der Waals surface area contributed by atoms with E-state index in [9.17, 15) is 4.79 Å². The molecule has 0 unspecified atom stereocenters. The second kappa shape index (κ2) is 8.70. The summed E-state index contributed by atoms with van der Waals surface area (Å²) < 4.78 is 10.9. The second-order valence-corrected chi connectivity index (χ2v) is 7.61. The predicted molar refractivity (Wildman–Crippen MR) is 98.9 cm³/mol. The van der Waals surface area contributed by atoms with Gasteiger partial charge in [0.05, 0.1) is 7.11 Å². The number of ether oxygens (including phenoxy) is 2. The fourth-order valence-electron chi connectivity index (χ4n) is 4.27. The molecule has 1 aliphatic carbocycles. The Morgan fingerprint density at radius 2 is 1.84 bits per heavy atom. The number of methoxy groups -OCH3 is 1. The van der Waals surface area contributed by atoms with Crippen LogP contribution in [-0.4, -0.2) is 32.8 Å². The number of rotatable bonds is 6. The molecule has 1 aromatic rings. The number of hydrogen-bond donors (Lipinski definition) is 1. The maximum Gasteiger partial charge on any atom is 0.220 e. The van der Waals surface area contributed by atoms with Gasteiger partial charge >= 0.3 is 0 Å². The predicted octanol–water partition coefficient (Wildman–Crippen LogP) is 3.83. The zero-order valence-electron chi connectivity index (χ0n) is 15.4. The van der Waals surface area contributed by atoms with E-state index in [0.717, 1.165) is 31.8 Å². The van der Waals surface area contributed by atoms with Crippen molar-refractivity contribution in [2.45, 2.75) is 56.8 Å². The van der Waals surface area contributed by atoms with E-state index in [1.807, 2.05) is 12.1 Å². The van der Waals surface area contributed by atoms with Gasteiger partial charge in [-0.2, -0.15) is 0 Å². The minimum absolute atomic E-state index is 0.0211. The molecular formula is C21H31NO3. The van der Waals surface area contributed by atoms with Crippen molar-refractivity contribution in [2.24, 2.45) is 5.92 Å². The monoisotopic (exact) mass is 345 g/mol. The third kappa shape index (κ3) is 4.75. The van der Waals surface area contributed by atoms with E-state index in [4.69, 9.17) is 9.47 Å². The lowest BCUT2D eigenvalue weighted by atomic mass is 9.74. The van der Waals surface area contributed by atoms with E-state index >= 15 is 0 Å². The first-order valence-electron chi connectivity index (χ1n) is 9.71. The largest absolute Gasteiger partial charge is 0.497 e. The van der Waals surface area contributed by atoms with Crippen molar-refractivity contribution in [3.63, 3.8) is 0 Å². The molecule has 1 heterocycles. The average Bonchev–Trinajstić information content (AvgIpc) is 2.68. The summed E-state index contributed by atoms with van der Waals surface area (Å²) in [4.78, 5) is 12.5. The summed E-state index contributed by atoms with van der Waals surface area (Å²) >= 11 is 0. The molecule has 0 radical (unpaired) electrons. The molecule has 2 aliphatic rings. The highest BCUT2D eigenvalue weighted by atomic mass is 16.5. The molecule has 0 spiro atoms. The Labute approximate surface area is 151 Å². The number of hydrogen-bond acceptors (Lipinski definition) is 3. The average molecular weight is 345 g/mol. The molecule has 0 atom stereocenters. The number of carbonyl (C=O) groups excluding carboxylic acids is 1. The maximum absolute atomic E-state index is 12.5. The smallest absolute Gasteiger partial charge is 0.220 e. The zero-order valence-corrected chi connectivity index (χ0v) is 15.4. The van der Waals surface area contributed by atoms with E-state index in [0.29, 0.717) is 18.9 Å². The van der Waals surface area contributed by atoms with Crippen LogP contribution in [0.3, 0.4) is 0 Å². The lowest BCUT2D eigenvalue weighted by Gasteiger charge is -2.38. The van der Waals surface area contributed by atoms with Gasteiger partial charge < -0.3 is 14.8 Å². The Morgan fingerprint density at radius 3 is 2.48 bits per heavy atom. The van der Waals surface area contributed by atoms with Crippen LogP contribution in [0.5, 0.6) is 5.75 Å². The first-order valence-corrected chi connectivity index (χ1v) is 9.71. The SMILES string of the molecule is COc1ccc(C2(CNC(=O)CC3CCCCC3)CCOCC2)cc1. The van der Waals surface area contributed by atoms with Crippen molar-refractivity contribution in [3.05, 3.63) is 29.8 Å². The summed E-state index contributed by atoms with van der Waals surface area (Å²) in [6, 6.07) is 8.29. The fourth-order valence-corrected chi connectivity index (χ4v) is 4.27. The van der Waals surface area contributed by atoms with Crippen LogP contribution in [0.1, 0.15) is 56.9 Å². The van der Waals surface area contributed by atoms with Gasteiger partial charge in [-0.25, -0.2) is 0 Å². The molecule has 3 rings (SSSR count). The molecule has 1 aromatic carbocycles. The van der Waals surface area contributed by atoms with E-state index in [2.05, 4.69) is 17.4 Å². The van der Waals surface area contributed by atoms with Crippen LogP contribution in [0.25, 0.3) is 0 Å². The first-order chi connectivity index (χ1) is 12.2. The Kier molecular flexibility index (Phi) is 6.35.